The Kier molecular flexibility index (Phi) is 8.00. The van der Waals surface area contributed by atoms with Crippen molar-refractivity contribution < 1.29 is 28.5 Å². The van der Waals surface area contributed by atoms with Crippen LogP contribution in [0.4, 0.5) is 0 Å². The zero-order valence-electron chi connectivity index (χ0n) is 22.4. The van der Waals surface area contributed by atoms with E-state index in [9.17, 15) is 9.59 Å². The molecule has 0 saturated carbocycles. The van der Waals surface area contributed by atoms with Crippen molar-refractivity contribution in [3.63, 3.8) is 0 Å². The zero-order valence-corrected chi connectivity index (χ0v) is 22.4. The van der Waals surface area contributed by atoms with Gasteiger partial charge in [-0.15, -0.1) is 0 Å². The Bertz CT molecular complexity index is 1230. The second-order valence-electron chi connectivity index (χ2n) is 9.63. The Morgan fingerprint density at radius 3 is 2.30 bits per heavy atom. The number of hydrogen-bond donors (Lipinski definition) is 0. The number of aliphatic imine (C=N–C) groups is 1. The van der Waals surface area contributed by atoms with E-state index in [4.69, 9.17) is 23.9 Å². The van der Waals surface area contributed by atoms with E-state index < -0.39 is 11.8 Å². The number of ether oxygens (including phenoxy) is 4. The van der Waals surface area contributed by atoms with Crippen LogP contribution in [0.1, 0.15) is 63.0 Å². The number of rotatable bonds is 8. The summed E-state index contributed by atoms with van der Waals surface area (Å²) >= 11 is 0. The van der Waals surface area contributed by atoms with E-state index in [0.717, 1.165) is 22.6 Å². The van der Waals surface area contributed by atoms with Crippen molar-refractivity contribution >= 4 is 17.5 Å². The predicted molar refractivity (Wildman–Crippen MR) is 142 cm³/mol. The van der Waals surface area contributed by atoms with Gasteiger partial charge in [0.25, 0.3) is 0 Å². The average molecular weight is 506 g/mol. The first-order chi connectivity index (χ1) is 17.8. The van der Waals surface area contributed by atoms with Crippen LogP contribution in [0, 0.1) is 5.92 Å². The van der Waals surface area contributed by atoms with Crippen LogP contribution in [-0.2, 0) is 14.3 Å². The average Bonchev–Trinajstić information content (AvgIpc) is 2.91. The monoisotopic (exact) mass is 505 g/mol. The molecule has 0 radical (unpaired) electrons. The van der Waals surface area contributed by atoms with Gasteiger partial charge in [-0.05, 0) is 56.4 Å². The Morgan fingerprint density at radius 2 is 1.68 bits per heavy atom. The summed E-state index contributed by atoms with van der Waals surface area (Å²) in [4.78, 5) is 32.2. The topological polar surface area (TPSA) is 83.4 Å². The Morgan fingerprint density at radius 1 is 1.00 bits per heavy atom. The molecule has 1 aliphatic heterocycles. The molecule has 196 valence electrons. The third-order valence-corrected chi connectivity index (χ3v) is 7.40. The van der Waals surface area contributed by atoms with Gasteiger partial charge in [0.2, 0.25) is 0 Å². The van der Waals surface area contributed by atoms with Crippen LogP contribution in [0.15, 0.2) is 58.7 Å². The second-order valence-corrected chi connectivity index (χ2v) is 9.63. The normalized spacial score (nSPS) is 22.1. The van der Waals surface area contributed by atoms with E-state index in [1.807, 2.05) is 57.2 Å². The van der Waals surface area contributed by atoms with Gasteiger partial charge in [0, 0.05) is 41.0 Å². The molecule has 4 rings (SSSR count). The lowest BCUT2D eigenvalue weighted by Gasteiger charge is -2.37. The highest BCUT2D eigenvalue weighted by Gasteiger charge is 2.46. The van der Waals surface area contributed by atoms with Crippen LogP contribution in [-0.4, -0.2) is 44.9 Å². The molecule has 2 aromatic carbocycles. The minimum absolute atomic E-state index is 0.00395. The molecule has 0 amide bonds. The van der Waals surface area contributed by atoms with Crippen LogP contribution in [0.2, 0.25) is 0 Å². The summed E-state index contributed by atoms with van der Waals surface area (Å²) in [6.45, 7) is 5.68. The van der Waals surface area contributed by atoms with Gasteiger partial charge in [0.05, 0.1) is 27.4 Å². The van der Waals surface area contributed by atoms with Crippen LogP contribution < -0.4 is 14.2 Å². The number of ketones is 1. The molecule has 37 heavy (non-hydrogen) atoms. The van der Waals surface area contributed by atoms with Crippen molar-refractivity contribution in [2.45, 2.75) is 58.0 Å². The van der Waals surface area contributed by atoms with E-state index in [-0.39, 0.29) is 23.8 Å². The molecule has 0 bridgehead atoms. The molecular weight excluding hydrogens is 470 g/mol. The number of esters is 1. The Hall–Kier alpha value is -3.61. The molecule has 7 heteroatoms. The molecule has 7 nitrogen and oxygen atoms in total. The number of carbonyl (C=O) groups excluding carboxylic acids is 2. The first-order valence-electron chi connectivity index (χ1n) is 12.7. The molecular formula is C30H35NO6. The van der Waals surface area contributed by atoms with Gasteiger partial charge >= 0.3 is 5.97 Å². The maximum absolute atomic E-state index is 13.8. The van der Waals surface area contributed by atoms with Crippen molar-refractivity contribution in [1.82, 2.24) is 0 Å². The summed E-state index contributed by atoms with van der Waals surface area (Å²) in [5.74, 6) is 0.271. The van der Waals surface area contributed by atoms with Gasteiger partial charge in [-0.1, -0.05) is 25.1 Å². The smallest absolute Gasteiger partial charge is 0.315 e. The van der Waals surface area contributed by atoms with Crippen molar-refractivity contribution in [1.29, 1.82) is 0 Å². The van der Waals surface area contributed by atoms with E-state index in [2.05, 4.69) is 0 Å². The largest absolute Gasteiger partial charge is 0.497 e. The number of nitrogens with zero attached hydrogens (tertiary/aromatic N) is 1. The molecule has 2 aromatic rings. The number of allylic oxidation sites excluding steroid dienone is 2. The van der Waals surface area contributed by atoms with E-state index in [1.54, 1.807) is 27.4 Å². The summed E-state index contributed by atoms with van der Waals surface area (Å²) in [5.41, 5.74) is 3.74. The highest BCUT2D eigenvalue weighted by Crippen LogP contribution is 2.49. The molecule has 2 aliphatic rings. The lowest BCUT2D eigenvalue weighted by Crippen LogP contribution is -2.39. The quantitative estimate of drug-likeness (QED) is 0.433. The van der Waals surface area contributed by atoms with Gasteiger partial charge in [-0.2, -0.15) is 0 Å². The third-order valence-electron chi connectivity index (χ3n) is 7.40. The van der Waals surface area contributed by atoms with Gasteiger partial charge in [-0.25, -0.2) is 0 Å². The van der Waals surface area contributed by atoms with Crippen LogP contribution >= 0.6 is 0 Å². The molecule has 1 aliphatic carbocycles. The lowest BCUT2D eigenvalue weighted by atomic mass is 9.69. The standard InChI is InChI=1S/C30H35NO6/c1-7-17(2)37-30(33)27-18(3)31-24-14-20(19-8-10-21(34-4)11-9-19)15-25(32)29(24)28(27)23-13-12-22(35-5)16-26(23)36-6/h8-13,16-17,20,27-28H,7,14-15H2,1-6H3/t17-,20+,27?,28-/m0/s1. The number of benzene rings is 2. The van der Waals surface area contributed by atoms with Crippen LogP contribution in [0.3, 0.4) is 0 Å². The zero-order chi connectivity index (χ0) is 26.7. The summed E-state index contributed by atoms with van der Waals surface area (Å²) in [5, 5.41) is 0. The van der Waals surface area contributed by atoms with Crippen LogP contribution in [0.5, 0.6) is 17.2 Å². The van der Waals surface area contributed by atoms with Crippen molar-refractivity contribution in [2.75, 3.05) is 21.3 Å². The number of hydrogen-bond acceptors (Lipinski definition) is 7. The van der Waals surface area contributed by atoms with Gasteiger partial charge in [0.15, 0.2) is 5.78 Å². The molecule has 1 heterocycles. The van der Waals surface area contributed by atoms with Crippen LogP contribution in [0.25, 0.3) is 0 Å². The third kappa shape index (κ3) is 5.26. The fourth-order valence-electron chi connectivity index (χ4n) is 5.24. The highest BCUT2D eigenvalue weighted by atomic mass is 16.5. The maximum atomic E-state index is 13.8. The van der Waals surface area contributed by atoms with Crippen molar-refractivity contribution in [3.8, 4) is 17.2 Å². The molecule has 0 spiro atoms. The molecule has 0 aromatic heterocycles. The SMILES string of the molecule is CC[C@H](C)OC(=O)C1C(C)=NC2=C(C(=O)C[C@H](c3ccc(OC)cc3)C2)[C@H]1c1ccc(OC)cc1OC. The van der Waals surface area contributed by atoms with E-state index in [0.29, 0.717) is 42.0 Å². The molecule has 4 atom stereocenters. The number of methoxy groups -OCH3 is 3. The first kappa shape index (κ1) is 26.5. The summed E-state index contributed by atoms with van der Waals surface area (Å²) in [7, 11) is 4.79. The van der Waals surface area contributed by atoms with Crippen molar-refractivity contribution in [3.05, 3.63) is 64.9 Å². The lowest BCUT2D eigenvalue weighted by molar-refractivity contribution is -0.151. The fourth-order valence-corrected chi connectivity index (χ4v) is 5.24. The number of carbonyl (C=O) groups is 2. The molecule has 1 unspecified atom stereocenters. The first-order valence-corrected chi connectivity index (χ1v) is 12.7. The summed E-state index contributed by atoms with van der Waals surface area (Å²) < 4.78 is 22.2. The maximum Gasteiger partial charge on any atom is 0.315 e. The molecule has 0 N–H and O–H groups in total. The van der Waals surface area contributed by atoms with Crippen molar-refractivity contribution in [2.24, 2.45) is 10.9 Å². The molecule has 0 fully saturated rings. The summed E-state index contributed by atoms with van der Waals surface area (Å²) in [6, 6.07) is 13.3. The minimum atomic E-state index is -0.725. The summed E-state index contributed by atoms with van der Waals surface area (Å²) in [6.07, 6.45) is 1.39. The predicted octanol–water partition coefficient (Wildman–Crippen LogP) is 5.63. The fraction of sp³-hybridized carbons (Fsp3) is 0.433. The second kappa shape index (κ2) is 11.2. The highest BCUT2D eigenvalue weighted by molar-refractivity contribution is 6.09. The van der Waals surface area contributed by atoms with Gasteiger partial charge < -0.3 is 18.9 Å². The Labute approximate surface area is 218 Å². The Balaban J connectivity index is 1.81. The van der Waals surface area contributed by atoms with E-state index >= 15 is 0 Å². The molecule has 0 saturated heterocycles. The van der Waals surface area contributed by atoms with Gasteiger partial charge in [0.1, 0.15) is 23.2 Å². The van der Waals surface area contributed by atoms with E-state index in [1.165, 1.54) is 0 Å². The minimum Gasteiger partial charge on any atom is -0.497 e. The van der Waals surface area contributed by atoms with Gasteiger partial charge in [-0.3, -0.25) is 14.6 Å². The number of Topliss-reactive ketones (excluding diaryl/α,β-unsaturated/α-hetero) is 1.